The van der Waals surface area contributed by atoms with E-state index >= 15 is 0 Å². The minimum atomic E-state index is 0.128. The molecule has 0 atom stereocenters. The molecule has 7 heteroatoms. The van der Waals surface area contributed by atoms with Crippen LogP contribution in [0.1, 0.15) is 44.6 Å². The van der Waals surface area contributed by atoms with Crippen LogP contribution in [0.25, 0.3) is 11.3 Å². The van der Waals surface area contributed by atoms with Crippen LogP contribution in [0.15, 0.2) is 31.0 Å². The van der Waals surface area contributed by atoms with Gasteiger partial charge in [-0.15, -0.1) is 0 Å². The van der Waals surface area contributed by atoms with E-state index in [9.17, 15) is 4.79 Å². The van der Waals surface area contributed by atoms with Crippen LogP contribution in [0.2, 0.25) is 0 Å². The summed E-state index contributed by atoms with van der Waals surface area (Å²) in [4.78, 5) is 20.6. The van der Waals surface area contributed by atoms with Gasteiger partial charge in [0.2, 0.25) is 5.91 Å². The fourth-order valence-electron chi connectivity index (χ4n) is 3.89. The van der Waals surface area contributed by atoms with Gasteiger partial charge in [-0.2, -0.15) is 5.10 Å². The predicted molar refractivity (Wildman–Crippen MR) is 96.2 cm³/mol. The Hall–Kier alpha value is -2.28. The van der Waals surface area contributed by atoms with E-state index in [-0.39, 0.29) is 11.8 Å². The molecule has 1 saturated carbocycles. The third-order valence-electron chi connectivity index (χ3n) is 5.49. The third kappa shape index (κ3) is 3.93. The molecule has 0 radical (unpaired) electrons. The zero-order chi connectivity index (χ0) is 17.8. The molecule has 1 N–H and O–H groups in total. The van der Waals surface area contributed by atoms with E-state index in [4.69, 9.17) is 4.74 Å². The van der Waals surface area contributed by atoms with Crippen LogP contribution in [0.3, 0.4) is 0 Å². The largest absolute Gasteiger partial charge is 0.381 e. The molecule has 1 aliphatic carbocycles. The van der Waals surface area contributed by atoms with Gasteiger partial charge in [0.1, 0.15) is 6.33 Å². The second kappa shape index (κ2) is 7.95. The molecular weight excluding hydrogens is 330 g/mol. The summed E-state index contributed by atoms with van der Waals surface area (Å²) >= 11 is 0. The number of rotatable bonds is 4. The van der Waals surface area contributed by atoms with Crippen LogP contribution in [0, 0.1) is 5.92 Å². The zero-order valence-electron chi connectivity index (χ0n) is 14.9. The molecular formula is C19H25N5O2. The number of carbonyl (C=O) groups is 1. The number of hydrogen-bond donors (Lipinski definition) is 1. The Balaban J connectivity index is 1.30. The molecule has 0 unspecified atom stereocenters. The summed E-state index contributed by atoms with van der Waals surface area (Å²) < 4.78 is 7.39. The van der Waals surface area contributed by atoms with Crippen LogP contribution in [0.4, 0.5) is 0 Å². The van der Waals surface area contributed by atoms with Crippen LogP contribution >= 0.6 is 0 Å². The highest BCUT2D eigenvalue weighted by Crippen LogP contribution is 2.29. The van der Waals surface area contributed by atoms with E-state index < -0.39 is 0 Å². The molecule has 1 aliphatic heterocycles. The second-order valence-corrected chi connectivity index (χ2v) is 7.20. The first-order valence-corrected chi connectivity index (χ1v) is 9.48. The minimum Gasteiger partial charge on any atom is -0.381 e. The molecule has 4 rings (SSSR count). The molecule has 3 heterocycles. The van der Waals surface area contributed by atoms with Crippen molar-refractivity contribution in [2.24, 2.45) is 5.92 Å². The molecule has 1 amide bonds. The minimum absolute atomic E-state index is 0.128. The number of aromatic nitrogens is 4. The van der Waals surface area contributed by atoms with Crippen molar-refractivity contribution in [3.8, 4) is 11.3 Å². The Morgan fingerprint density at radius 3 is 2.69 bits per heavy atom. The quantitative estimate of drug-likeness (QED) is 0.910. The first kappa shape index (κ1) is 17.1. The highest BCUT2D eigenvalue weighted by molar-refractivity contribution is 5.79. The van der Waals surface area contributed by atoms with Crippen LogP contribution in [-0.2, 0) is 9.53 Å². The van der Waals surface area contributed by atoms with Gasteiger partial charge in [-0.25, -0.2) is 9.97 Å². The summed E-state index contributed by atoms with van der Waals surface area (Å²) in [5.41, 5.74) is 1.91. The topological polar surface area (TPSA) is 81.9 Å². The van der Waals surface area contributed by atoms with E-state index in [1.807, 2.05) is 16.9 Å². The maximum atomic E-state index is 12.4. The van der Waals surface area contributed by atoms with E-state index in [0.29, 0.717) is 25.3 Å². The Morgan fingerprint density at radius 1 is 1.15 bits per heavy atom. The van der Waals surface area contributed by atoms with Gasteiger partial charge in [-0.1, -0.05) is 0 Å². The Labute approximate surface area is 153 Å². The van der Waals surface area contributed by atoms with Gasteiger partial charge >= 0.3 is 0 Å². The van der Waals surface area contributed by atoms with Crippen molar-refractivity contribution in [3.05, 3.63) is 31.0 Å². The standard InChI is InChI=1S/C19H25N5O2/c25-19(14-6-9-26-10-7-14)23-16-1-3-17(4-2-16)24-12-15(11-22-24)18-5-8-20-13-21-18/h5,8,11-14,16-17H,1-4,6-7,9-10H2,(H,23,25). The normalized spacial score (nSPS) is 24.3. The summed E-state index contributed by atoms with van der Waals surface area (Å²) in [6.45, 7) is 1.41. The molecule has 2 aromatic heterocycles. The summed E-state index contributed by atoms with van der Waals surface area (Å²) in [5.74, 6) is 0.338. The molecule has 2 aromatic rings. The Bertz CT molecular complexity index is 719. The van der Waals surface area contributed by atoms with Gasteiger partial charge in [0.15, 0.2) is 0 Å². The highest BCUT2D eigenvalue weighted by Gasteiger charge is 2.27. The maximum absolute atomic E-state index is 12.4. The van der Waals surface area contributed by atoms with E-state index in [1.165, 1.54) is 0 Å². The van der Waals surface area contributed by atoms with Gasteiger partial charge in [0.25, 0.3) is 0 Å². The van der Waals surface area contributed by atoms with E-state index in [2.05, 4.69) is 26.6 Å². The second-order valence-electron chi connectivity index (χ2n) is 7.20. The SMILES string of the molecule is O=C(NC1CCC(n2cc(-c3ccncn3)cn2)CC1)C1CCOCC1. The molecule has 0 bridgehead atoms. The monoisotopic (exact) mass is 355 g/mol. The van der Waals surface area contributed by atoms with Gasteiger partial charge in [-0.3, -0.25) is 9.48 Å². The lowest BCUT2D eigenvalue weighted by atomic mass is 9.90. The molecule has 1 saturated heterocycles. The highest BCUT2D eigenvalue weighted by atomic mass is 16.5. The lowest BCUT2D eigenvalue weighted by molar-refractivity contribution is -0.128. The molecule has 26 heavy (non-hydrogen) atoms. The molecule has 2 aliphatic rings. The fourth-order valence-corrected chi connectivity index (χ4v) is 3.89. The molecule has 2 fully saturated rings. The first-order chi connectivity index (χ1) is 12.8. The number of nitrogens with one attached hydrogen (secondary N) is 1. The number of hydrogen-bond acceptors (Lipinski definition) is 5. The lowest BCUT2D eigenvalue weighted by Gasteiger charge is -2.31. The fraction of sp³-hybridized carbons (Fsp3) is 0.579. The van der Waals surface area contributed by atoms with E-state index in [0.717, 1.165) is 49.8 Å². The zero-order valence-corrected chi connectivity index (χ0v) is 14.9. The average Bonchev–Trinajstić information content (AvgIpc) is 3.20. The summed E-state index contributed by atoms with van der Waals surface area (Å²) in [6.07, 6.45) is 13.0. The molecule has 0 aromatic carbocycles. The van der Waals surface area contributed by atoms with Crippen molar-refractivity contribution in [1.82, 2.24) is 25.1 Å². The van der Waals surface area contributed by atoms with Crippen molar-refractivity contribution in [2.45, 2.75) is 50.6 Å². The maximum Gasteiger partial charge on any atom is 0.223 e. The number of ether oxygens (including phenoxy) is 1. The predicted octanol–water partition coefficient (Wildman–Crippen LogP) is 2.37. The van der Waals surface area contributed by atoms with Gasteiger partial charge < -0.3 is 10.1 Å². The number of carbonyl (C=O) groups excluding carboxylic acids is 1. The number of nitrogens with zero attached hydrogens (tertiary/aromatic N) is 4. The summed E-state index contributed by atoms with van der Waals surface area (Å²) in [5, 5.41) is 7.78. The van der Waals surface area contributed by atoms with E-state index in [1.54, 1.807) is 12.5 Å². The van der Waals surface area contributed by atoms with Crippen molar-refractivity contribution >= 4 is 5.91 Å². The van der Waals surface area contributed by atoms with Gasteiger partial charge in [-0.05, 0) is 44.6 Å². The van der Waals surface area contributed by atoms with Crippen molar-refractivity contribution in [1.29, 1.82) is 0 Å². The van der Waals surface area contributed by atoms with Crippen molar-refractivity contribution in [3.63, 3.8) is 0 Å². The Kier molecular flexibility index (Phi) is 5.24. The summed E-state index contributed by atoms with van der Waals surface area (Å²) in [6, 6.07) is 2.57. The van der Waals surface area contributed by atoms with Crippen LogP contribution in [0.5, 0.6) is 0 Å². The molecule has 0 spiro atoms. The summed E-state index contributed by atoms with van der Waals surface area (Å²) in [7, 11) is 0. The number of amides is 1. The van der Waals surface area contributed by atoms with Crippen molar-refractivity contribution in [2.75, 3.05) is 13.2 Å². The molecule has 138 valence electrons. The Morgan fingerprint density at radius 2 is 1.96 bits per heavy atom. The van der Waals surface area contributed by atoms with Crippen LogP contribution in [-0.4, -0.2) is 44.9 Å². The smallest absolute Gasteiger partial charge is 0.223 e. The third-order valence-corrected chi connectivity index (χ3v) is 5.49. The van der Waals surface area contributed by atoms with Gasteiger partial charge in [0, 0.05) is 43.1 Å². The average molecular weight is 355 g/mol. The van der Waals surface area contributed by atoms with Crippen LogP contribution < -0.4 is 5.32 Å². The molecule has 7 nitrogen and oxygen atoms in total. The van der Waals surface area contributed by atoms with Crippen molar-refractivity contribution < 1.29 is 9.53 Å². The van der Waals surface area contributed by atoms with Gasteiger partial charge in [0.05, 0.1) is 17.9 Å². The first-order valence-electron chi connectivity index (χ1n) is 9.48. The lowest BCUT2D eigenvalue weighted by Crippen LogP contribution is -2.42.